The van der Waals surface area contributed by atoms with Gasteiger partial charge in [0.15, 0.2) is 6.29 Å². The van der Waals surface area contributed by atoms with Gasteiger partial charge in [-0.3, -0.25) is 0 Å². The smallest absolute Gasteiger partial charge is 0.186 e. The van der Waals surface area contributed by atoms with E-state index in [1.165, 1.54) is 0 Å². The van der Waals surface area contributed by atoms with E-state index >= 15 is 0 Å². The second-order valence-electron chi connectivity index (χ2n) is 7.37. The minimum Gasteiger partial charge on any atom is -0.394 e. The van der Waals surface area contributed by atoms with Crippen LogP contribution in [0.25, 0.3) is 0 Å². The highest BCUT2D eigenvalue weighted by Gasteiger charge is 2.46. The number of hydrogen-bond donors (Lipinski definition) is 6. The van der Waals surface area contributed by atoms with Gasteiger partial charge in [0.25, 0.3) is 0 Å². The fraction of sp³-hybridized carbons (Fsp3) is 1.00. The zero-order valence-corrected chi connectivity index (χ0v) is 14.2. The van der Waals surface area contributed by atoms with Gasteiger partial charge in [-0.25, -0.2) is 0 Å². The van der Waals surface area contributed by atoms with Gasteiger partial charge in [-0.2, -0.15) is 0 Å². The average molecular weight is 350 g/mol. The predicted molar refractivity (Wildman–Crippen MR) is 82.9 cm³/mol. The number of ether oxygens (including phenoxy) is 2. The molecule has 2 fully saturated rings. The van der Waals surface area contributed by atoms with E-state index < -0.39 is 42.9 Å². The summed E-state index contributed by atoms with van der Waals surface area (Å²) in [4.78, 5) is 0. The third-order valence-electron chi connectivity index (χ3n) is 5.48. The van der Waals surface area contributed by atoms with Gasteiger partial charge in [0.1, 0.15) is 24.4 Å². The Bertz CT molecular complexity index is 402. The van der Waals surface area contributed by atoms with Gasteiger partial charge < -0.3 is 40.1 Å². The molecule has 1 aliphatic heterocycles. The highest BCUT2D eigenvalue weighted by Crippen LogP contribution is 2.38. The Hall–Kier alpha value is -0.320. The van der Waals surface area contributed by atoms with Crippen LogP contribution in [-0.2, 0) is 9.47 Å². The number of aliphatic hydroxyl groups excluding tert-OH is 5. The summed E-state index contributed by atoms with van der Waals surface area (Å²) >= 11 is 0. The molecule has 8 nitrogen and oxygen atoms in total. The Kier molecular flexibility index (Phi) is 6.60. The predicted octanol–water partition coefficient (Wildman–Crippen LogP) is -1.65. The van der Waals surface area contributed by atoms with Crippen molar-refractivity contribution in [3.8, 4) is 0 Å². The molecule has 1 saturated carbocycles. The number of rotatable bonds is 5. The highest BCUT2D eigenvalue weighted by atomic mass is 16.7. The molecule has 1 heterocycles. The lowest BCUT2D eigenvalue weighted by atomic mass is 9.73. The summed E-state index contributed by atoms with van der Waals surface area (Å²) in [7, 11) is 0. The quantitative estimate of drug-likeness (QED) is 0.347. The minimum atomic E-state index is -1.48. The second-order valence-corrected chi connectivity index (χ2v) is 7.37. The van der Waals surface area contributed by atoms with Gasteiger partial charge in [-0.1, -0.05) is 6.92 Å². The Balaban J connectivity index is 2.04. The fourth-order valence-electron chi connectivity index (χ4n) is 3.52. The zero-order chi connectivity index (χ0) is 18.1. The third-order valence-corrected chi connectivity index (χ3v) is 5.48. The third kappa shape index (κ3) is 4.08. The zero-order valence-electron chi connectivity index (χ0n) is 14.2. The molecule has 2 rings (SSSR count). The molecule has 9 atom stereocenters. The van der Waals surface area contributed by atoms with Crippen LogP contribution in [0, 0.1) is 11.8 Å². The molecular formula is C16H30O8. The second kappa shape index (κ2) is 7.92. The van der Waals surface area contributed by atoms with Gasteiger partial charge in [0.2, 0.25) is 0 Å². The maximum absolute atomic E-state index is 10.3. The molecule has 1 saturated heterocycles. The van der Waals surface area contributed by atoms with Gasteiger partial charge in [0.05, 0.1) is 24.9 Å². The van der Waals surface area contributed by atoms with E-state index in [-0.39, 0.29) is 24.5 Å². The average Bonchev–Trinajstić information content (AvgIpc) is 2.56. The summed E-state index contributed by atoms with van der Waals surface area (Å²) in [5.74, 6) is -0.0169. The summed E-state index contributed by atoms with van der Waals surface area (Å²) in [6.07, 6.45) is -4.85. The molecule has 0 bridgehead atoms. The molecule has 2 aliphatic rings. The van der Waals surface area contributed by atoms with E-state index in [4.69, 9.17) is 9.47 Å². The lowest BCUT2D eigenvalue weighted by molar-refractivity contribution is -0.318. The van der Waals surface area contributed by atoms with E-state index in [0.29, 0.717) is 6.42 Å². The van der Waals surface area contributed by atoms with E-state index in [0.717, 1.165) is 12.8 Å². The first-order valence-corrected chi connectivity index (χ1v) is 8.50. The Morgan fingerprint density at radius 2 is 1.75 bits per heavy atom. The van der Waals surface area contributed by atoms with Gasteiger partial charge in [-0.15, -0.1) is 0 Å². The first-order chi connectivity index (χ1) is 11.2. The summed E-state index contributed by atoms with van der Waals surface area (Å²) in [6, 6.07) is 0. The van der Waals surface area contributed by atoms with E-state index in [2.05, 4.69) is 0 Å². The van der Waals surface area contributed by atoms with Crippen molar-refractivity contribution < 1.29 is 40.1 Å². The van der Waals surface area contributed by atoms with E-state index in [9.17, 15) is 30.6 Å². The van der Waals surface area contributed by atoms with Crippen LogP contribution in [0.5, 0.6) is 0 Å². The van der Waals surface area contributed by atoms with Gasteiger partial charge >= 0.3 is 0 Å². The summed E-state index contributed by atoms with van der Waals surface area (Å²) in [6.45, 7) is 2.71. The molecule has 24 heavy (non-hydrogen) atoms. The fourth-order valence-corrected chi connectivity index (χ4v) is 3.52. The van der Waals surface area contributed by atoms with Gasteiger partial charge in [0, 0.05) is 0 Å². The van der Waals surface area contributed by atoms with Crippen LogP contribution >= 0.6 is 0 Å². The number of aliphatic hydroxyl groups is 6. The minimum absolute atomic E-state index is 0.142. The summed E-state index contributed by atoms with van der Waals surface area (Å²) in [5, 5.41) is 58.6. The van der Waals surface area contributed by atoms with Crippen molar-refractivity contribution >= 4 is 0 Å². The monoisotopic (exact) mass is 350 g/mol. The molecule has 1 aliphatic carbocycles. The SMILES string of the molecule is C[C@@H]1CC[C@@H]([C@](C)(O)CO)C[C@H]1O[C@@H]1O[C@H](CO)[C@@H](O)[C@H](O)[C@H]1O. The molecule has 0 spiro atoms. The molecule has 142 valence electrons. The molecule has 0 radical (unpaired) electrons. The van der Waals surface area contributed by atoms with Crippen molar-refractivity contribution in [3.63, 3.8) is 0 Å². The lowest BCUT2D eigenvalue weighted by Gasteiger charge is -2.45. The van der Waals surface area contributed by atoms with Crippen LogP contribution in [0.1, 0.15) is 33.1 Å². The molecule has 0 aromatic rings. The molecule has 0 amide bonds. The summed E-state index contributed by atoms with van der Waals surface area (Å²) < 4.78 is 11.2. The number of hydrogen-bond acceptors (Lipinski definition) is 8. The van der Waals surface area contributed by atoms with Crippen molar-refractivity contribution in [2.75, 3.05) is 13.2 Å². The topological polar surface area (TPSA) is 140 Å². The van der Waals surface area contributed by atoms with Crippen LogP contribution in [-0.4, -0.2) is 86.3 Å². The maximum Gasteiger partial charge on any atom is 0.186 e. The van der Waals surface area contributed by atoms with E-state index in [1.54, 1.807) is 6.92 Å². The van der Waals surface area contributed by atoms with Gasteiger partial charge in [-0.05, 0) is 38.0 Å². The normalized spacial score (nSPS) is 46.5. The van der Waals surface area contributed by atoms with Crippen LogP contribution in [0.2, 0.25) is 0 Å². The van der Waals surface area contributed by atoms with Crippen LogP contribution in [0.15, 0.2) is 0 Å². The molecular weight excluding hydrogens is 320 g/mol. The Morgan fingerprint density at radius 3 is 2.33 bits per heavy atom. The van der Waals surface area contributed by atoms with Crippen LogP contribution in [0.4, 0.5) is 0 Å². The highest BCUT2D eigenvalue weighted by molar-refractivity contribution is 4.92. The molecule has 8 heteroatoms. The summed E-state index contributed by atoms with van der Waals surface area (Å²) in [5.41, 5.74) is -1.21. The molecule has 0 aromatic carbocycles. The molecule has 6 N–H and O–H groups in total. The standard InChI is InChI=1S/C16H30O8/c1-8-3-4-9(16(2,22)7-18)5-10(8)23-15-14(21)13(20)12(19)11(6-17)24-15/h8-15,17-22H,3-7H2,1-2H3/t8-,9-,10-,11-,12-,13+,14-,15-,16-/m1/s1. The van der Waals surface area contributed by atoms with Crippen molar-refractivity contribution in [1.82, 2.24) is 0 Å². The van der Waals surface area contributed by atoms with Crippen molar-refractivity contribution in [3.05, 3.63) is 0 Å². The van der Waals surface area contributed by atoms with Crippen molar-refractivity contribution in [2.24, 2.45) is 11.8 Å². The van der Waals surface area contributed by atoms with Crippen molar-refractivity contribution in [2.45, 2.75) is 75.5 Å². The first-order valence-electron chi connectivity index (χ1n) is 8.50. The first kappa shape index (κ1) is 20.0. The largest absolute Gasteiger partial charge is 0.394 e. The maximum atomic E-state index is 10.3. The molecule has 0 unspecified atom stereocenters. The van der Waals surface area contributed by atoms with Crippen LogP contribution < -0.4 is 0 Å². The lowest BCUT2D eigenvalue weighted by Crippen LogP contribution is -2.60. The Morgan fingerprint density at radius 1 is 1.08 bits per heavy atom. The molecule has 0 aromatic heterocycles. The van der Waals surface area contributed by atoms with Crippen molar-refractivity contribution in [1.29, 1.82) is 0 Å². The Labute approximate surface area is 141 Å². The van der Waals surface area contributed by atoms with E-state index in [1.807, 2.05) is 6.92 Å². The van der Waals surface area contributed by atoms with Crippen LogP contribution in [0.3, 0.4) is 0 Å².